The molecule has 1 amide bonds. The Morgan fingerprint density at radius 2 is 2.62 bits per heavy atom. The molecule has 1 atom stereocenters. The van der Waals surface area contributed by atoms with Gasteiger partial charge in [-0.2, -0.15) is 0 Å². The van der Waals surface area contributed by atoms with Crippen LogP contribution in [0.15, 0.2) is 11.6 Å². The topological polar surface area (TPSA) is 68.0 Å². The highest BCUT2D eigenvalue weighted by molar-refractivity contribution is 7.13. The quantitative estimate of drug-likeness (QED) is 0.765. The molecule has 0 spiro atoms. The molecule has 1 aromatic heterocycles. The summed E-state index contributed by atoms with van der Waals surface area (Å²) in [6, 6.07) is -0.422. The van der Waals surface area contributed by atoms with Gasteiger partial charge in [-0.15, -0.1) is 11.3 Å². The fourth-order valence-electron chi connectivity index (χ4n) is 0.925. The summed E-state index contributed by atoms with van der Waals surface area (Å²) >= 11 is 1.39. The minimum atomic E-state index is -0.422. The first-order valence-electron chi connectivity index (χ1n) is 4.20. The number of thiazole rings is 1. The number of nitrogens with two attached hydrogens (primary N) is 1. The first kappa shape index (κ1) is 10.1. The number of rotatable bonds is 4. The van der Waals surface area contributed by atoms with Crippen molar-refractivity contribution >= 4 is 22.4 Å². The molecule has 0 aliphatic carbocycles. The molecule has 1 unspecified atom stereocenters. The van der Waals surface area contributed by atoms with E-state index in [-0.39, 0.29) is 5.91 Å². The summed E-state index contributed by atoms with van der Waals surface area (Å²) in [5, 5.41) is 5.06. The Balaban J connectivity index is 2.41. The van der Waals surface area contributed by atoms with Crippen molar-refractivity contribution in [3.63, 3.8) is 0 Å². The summed E-state index contributed by atoms with van der Waals surface area (Å²) in [5.74, 6) is -0.156. The van der Waals surface area contributed by atoms with Crippen LogP contribution in [0.3, 0.4) is 0 Å². The van der Waals surface area contributed by atoms with Crippen LogP contribution >= 0.6 is 11.3 Å². The van der Waals surface area contributed by atoms with Gasteiger partial charge in [0.25, 0.3) is 0 Å². The van der Waals surface area contributed by atoms with Crippen LogP contribution in [0.4, 0.5) is 5.13 Å². The van der Waals surface area contributed by atoms with Gasteiger partial charge in [0.1, 0.15) is 0 Å². The van der Waals surface area contributed by atoms with Gasteiger partial charge in [-0.05, 0) is 6.42 Å². The van der Waals surface area contributed by atoms with Crippen LogP contribution in [0.25, 0.3) is 0 Å². The highest BCUT2D eigenvalue weighted by Gasteiger charge is 2.12. The van der Waals surface area contributed by atoms with E-state index in [1.807, 2.05) is 6.92 Å². The average molecular weight is 199 g/mol. The number of hydrogen-bond acceptors (Lipinski definition) is 4. The lowest BCUT2D eigenvalue weighted by atomic mass is 10.2. The Hall–Kier alpha value is -0.940. The zero-order valence-corrected chi connectivity index (χ0v) is 8.30. The lowest BCUT2D eigenvalue weighted by Gasteiger charge is -2.08. The number of aromatic nitrogens is 1. The van der Waals surface area contributed by atoms with Crippen molar-refractivity contribution in [1.29, 1.82) is 0 Å². The third-order valence-corrected chi connectivity index (χ3v) is 2.29. The second-order valence-electron chi connectivity index (χ2n) is 2.72. The van der Waals surface area contributed by atoms with Crippen molar-refractivity contribution in [2.24, 2.45) is 5.73 Å². The molecule has 0 saturated carbocycles. The van der Waals surface area contributed by atoms with E-state index in [2.05, 4.69) is 10.3 Å². The maximum atomic E-state index is 11.3. The normalized spacial score (nSPS) is 12.5. The summed E-state index contributed by atoms with van der Waals surface area (Å²) in [6.45, 7) is 2.00. The number of hydrogen-bond donors (Lipinski definition) is 2. The SMILES string of the molecule is CCCC(N)C(=O)Nc1nccs1. The third kappa shape index (κ3) is 3.12. The zero-order chi connectivity index (χ0) is 9.68. The maximum Gasteiger partial charge on any atom is 0.243 e. The Bertz CT molecular complexity index is 260. The smallest absolute Gasteiger partial charge is 0.243 e. The van der Waals surface area contributed by atoms with Gasteiger partial charge in [0, 0.05) is 11.6 Å². The fourth-order valence-corrected chi connectivity index (χ4v) is 1.46. The Labute approximate surface area is 81.2 Å². The van der Waals surface area contributed by atoms with Crippen LogP contribution in [0.1, 0.15) is 19.8 Å². The number of carbonyl (C=O) groups is 1. The second-order valence-corrected chi connectivity index (χ2v) is 3.62. The van der Waals surface area contributed by atoms with Gasteiger partial charge in [0.05, 0.1) is 6.04 Å². The summed E-state index contributed by atoms with van der Waals surface area (Å²) in [6.07, 6.45) is 3.26. The van der Waals surface area contributed by atoms with Crippen molar-refractivity contribution in [1.82, 2.24) is 4.98 Å². The highest BCUT2D eigenvalue weighted by atomic mass is 32.1. The molecule has 1 rings (SSSR count). The van der Waals surface area contributed by atoms with E-state index in [1.165, 1.54) is 11.3 Å². The molecule has 0 aromatic carbocycles. The Morgan fingerprint density at radius 3 is 3.15 bits per heavy atom. The van der Waals surface area contributed by atoms with E-state index >= 15 is 0 Å². The van der Waals surface area contributed by atoms with Gasteiger partial charge >= 0.3 is 0 Å². The molecule has 0 fully saturated rings. The third-order valence-electron chi connectivity index (χ3n) is 1.60. The van der Waals surface area contributed by atoms with Crippen molar-refractivity contribution in [3.05, 3.63) is 11.6 Å². The molecule has 4 nitrogen and oxygen atoms in total. The summed E-state index contributed by atoms with van der Waals surface area (Å²) in [4.78, 5) is 15.3. The van der Waals surface area contributed by atoms with E-state index < -0.39 is 6.04 Å². The predicted octanol–water partition coefficient (Wildman–Crippen LogP) is 1.21. The fraction of sp³-hybridized carbons (Fsp3) is 0.500. The van der Waals surface area contributed by atoms with Gasteiger partial charge in [0.15, 0.2) is 5.13 Å². The lowest BCUT2D eigenvalue weighted by Crippen LogP contribution is -2.35. The standard InChI is InChI=1S/C8H13N3OS/c1-2-3-6(9)7(12)11-8-10-4-5-13-8/h4-6H,2-3,9H2,1H3,(H,10,11,12). The molecular formula is C8H13N3OS. The molecule has 0 aliphatic rings. The average Bonchev–Trinajstić information content (AvgIpc) is 2.57. The molecule has 13 heavy (non-hydrogen) atoms. The summed E-state index contributed by atoms with van der Waals surface area (Å²) in [7, 11) is 0. The van der Waals surface area contributed by atoms with Crippen molar-refractivity contribution in [3.8, 4) is 0 Å². The van der Waals surface area contributed by atoms with Crippen molar-refractivity contribution in [2.75, 3.05) is 5.32 Å². The molecule has 0 bridgehead atoms. The monoisotopic (exact) mass is 199 g/mol. The second kappa shape index (κ2) is 4.94. The molecule has 1 heterocycles. The van der Waals surface area contributed by atoms with E-state index in [0.29, 0.717) is 11.6 Å². The number of nitrogens with one attached hydrogen (secondary N) is 1. The number of nitrogens with zero attached hydrogens (tertiary/aromatic N) is 1. The summed E-state index contributed by atoms with van der Waals surface area (Å²) in [5.41, 5.74) is 5.61. The minimum absolute atomic E-state index is 0.156. The lowest BCUT2D eigenvalue weighted by molar-refractivity contribution is -0.117. The van der Waals surface area contributed by atoms with Crippen molar-refractivity contribution in [2.45, 2.75) is 25.8 Å². The number of anilines is 1. The predicted molar refractivity (Wildman–Crippen MR) is 53.6 cm³/mol. The Kier molecular flexibility index (Phi) is 3.85. The van der Waals surface area contributed by atoms with Crippen LogP contribution in [-0.4, -0.2) is 16.9 Å². The van der Waals surface area contributed by atoms with Gasteiger partial charge in [-0.3, -0.25) is 4.79 Å². The number of amides is 1. The number of carbonyl (C=O) groups excluding carboxylic acids is 1. The van der Waals surface area contributed by atoms with Crippen LogP contribution < -0.4 is 11.1 Å². The zero-order valence-electron chi connectivity index (χ0n) is 7.49. The first-order chi connectivity index (χ1) is 6.24. The molecule has 5 heteroatoms. The van der Waals surface area contributed by atoms with Crippen LogP contribution in [0.2, 0.25) is 0 Å². The maximum absolute atomic E-state index is 11.3. The molecule has 0 aliphatic heterocycles. The molecule has 1 aromatic rings. The van der Waals surface area contributed by atoms with E-state index in [0.717, 1.165) is 6.42 Å². The molecule has 0 radical (unpaired) electrons. The largest absolute Gasteiger partial charge is 0.320 e. The van der Waals surface area contributed by atoms with Crippen molar-refractivity contribution < 1.29 is 4.79 Å². The minimum Gasteiger partial charge on any atom is -0.320 e. The molecule has 0 saturated heterocycles. The van der Waals surface area contributed by atoms with E-state index in [9.17, 15) is 4.79 Å². The summed E-state index contributed by atoms with van der Waals surface area (Å²) < 4.78 is 0. The van der Waals surface area contributed by atoms with Crippen LogP contribution in [0, 0.1) is 0 Å². The molecule has 72 valence electrons. The Morgan fingerprint density at radius 1 is 1.85 bits per heavy atom. The van der Waals surface area contributed by atoms with E-state index in [1.54, 1.807) is 11.6 Å². The van der Waals surface area contributed by atoms with Gasteiger partial charge in [0.2, 0.25) is 5.91 Å². The van der Waals surface area contributed by atoms with Crippen LogP contribution in [-0.2, 0) is 4.79 Å². The first-order valence-corrected chi connectivity index (χ1v) is 5.08. The van der Waals surface area contributed by atoms with Gasteiger partial charge in [-0.1, -0.05) is 13.3 Å². The molecular weight excluding hydrogens is 186 g/mol. The van der Waals surface area contributed by atoms with Crippen LogP contribution in [0.5, 0.6) is 0 Å². The van der Waals surface area contributed by atoms with Gasteiger partial charge < -0.3 is 11.1 Å². The van der Waals surface area contributed by atoms with E-state index in [4.69, 9.17) is 5.73 Å². The highest BCUT2D eigenvalue weighted by Crippen LogP contribution is 2.10. The van der Waals surface area contributed by atoms with Gasteiger partial charge in [-0.25, -0.2) is 4.98 Å². The molecule has 3 N–H and O–H groups in total.